The lowest BCUT2D eigenvalue weighted by Gasteiger charge is -2.36. The lowest BCUT2D eigenvalue weighted by molar-refractivity contribution is -0.0643. The molecule has 2 atom stereocenters. The van der Waals surface area contributed by atoms with E-state index in [1.807, 2.05) is 0 Å². The van der Waals surface area contributed by atoms with Gasteiger partial charge in [0.2, 0.25) is 0 Å². The lowest BCUT2D eigenvalue weighted by Crippen LogP contribution is -2.48. The van der Waals surface area contributed by atoms with Crippen molar-refractivity contribution in [2.24, 2.45) is 0 Å². The average Bonchev–Trinajstić information content (AvgIpc) is 2.36. The summed E-state index contributed by atoms with van der Waals surface area (Å²) < 4.78 is 11.0. The number of hydrogen-bond acceptors (Lipinski definition) is 5. The van der Waals surface area contributed by atoms with E-state index in [1.54, 1.807) is 0 Å². The summed E-state index contributed by atoms with van der Waals surface area (Å²) >= 11 is 0. The average molecular weight is 272 g/mol. The van der Waals surface area contributed by atoms with Gasteiger partial charge < -0.3 is 19.9 Å². The molecule has 5 nitrogen and oxygen atoms in total. The van der Waals surface area contributed by atoms with Crippen molar-refractivity contribution >= 4 is 0 Å². The van der Waals surface area contributed by atoms with E-state index in [4.69, 9.17) is 9.47 Å². The van der Waals surface area contributed by atoms with Crippen LogP contribution in [-0.2, 0) is 9.47 Å². The maximum Gasteiger partial charge on any atom is 0.0791 e. The minimum atomic E-state index is -0.302. The van der Waals surface area contributed by atoms with E-state index in [9.17, 15) is 5.11 Å². The first kappa shape index (κ1) is 15.2. The van der Waals surface area contributed by atoms with Crippen LogP contribution >= 0.6 is 0 Å². The van der Waals surface area contributed by atoms with Gasteiger partial charge in [0.05, 0.1) is 24.9 Å². The van der Waals surface area contributed by atoms with Crippen molar-refractivity contribution in [1.82, 2.24) is 10.2 Å². The zero-order valence-electron chi connectivity index (χ0n) is 12.2. The minimum absolute atomic E-state index is 0.0366. The van der Waals surface area contributed by atoms with Crippen molar-refractivity contribution in [3.8, 4) is 0 Å². The molecule has 2 aliphatic heterocycles. The van der Waals surface area contributed by atoms with E-state index in [0.29, 0.717) is 12.6 Å². The molecule has 112 valence electrons. The number of hydrogen-bond donors (Lipinski definition) is 2. The molecule has 2 heterocycles. The van der Waals surface area contributed by atoms with Crippen LogP contribution in [0.15, 0.2) is 0 Å². The van der Waals surface area contributed by atoms with Gasteiger partial charge in [-0.2, -0.15) is 0 Å². The SMILES string of the molecule is CC1(C)CC(NCC(O)CN2CCOCC2)CCO1. The predicted molar refractivity (Wildman–Crippen MR) is 74.3 cm³/mol. The van der Waals surface area contributed by atoms with Crippen LogP contribution in [-0.4, -0.2) is 73.8 Å². The summed E-state index contributed by atoms with van der Waals surface area (Å²) in [6.07, 6.45) is 1.74. The molecule has 2 unspecified atom stereocenters. The normalized spacial score (nSPS) is 30.2. The van der Waals surface area contributed by atoms with Gasteiger partial charge in [0.15, 0.2) is 0 Å². The summed E-state index contributed by atoms with van der Waals surface area (Å²) in [4.78, 5) is 2.27. The Kier molecular flexibility index (Phi) is 5.59. The number of aliphatic hydroxyl groups is 1. The van der Waals surface area contributed by atoms with Crippen LogP contribution in [0.1, 0.15) is 26.7 Å². The number of aliphatic hydroxyl groups excluding tert-OH is 1. The monoisotopic (exact) mass is 272 g/mol. The second-order valence-electron chi connectivity index (χ2n) is 6.27. The van der Waals surface area contributed by atoms with Crippen LogP contribution in [0.25, 0.3) is 0 Å². The summed E-state index contributed by atoms with van der Waals surface area (Å²) in [5.41, 5.74) is -0.0366. The molecule has 2 N–H and O–H groups in total. The molecule has 0 spiro atoms. The van der Waals surface area contributed by atoms with E-state index >= 15 is 0 Å². The van der Waals surface area contributed by atoms with Crippen molar-refractivity contribution in [2.45, 2.75) is 44.4 Å². The molecule has 0 aliphatic carbocycles. The number of β-amino-alcohol motifs (C(OH)–C–C–N with tert-alkyl or cyclic N) is 1. The Morgan fingerprint density at radius 3 is 2.74 bits per heavy atom. The largest absolute Gasteiger partial charge is 0.390 e. The maximum atomic E-state index is 10.1. The molecule has 2 saturated heterocycles. The second-order valence-corrected chi connectivity index (χ2v) is 6.27. The highest BCUT2D eigenvalue weighted by Crippen LogP contribution is 2.23. The van der Waals surface area contributed by atoms with Gasteiger partial charge in [0.25, 0.3) is 0 Å². The predicted octanol–water partition coefficient (Wildman–Crippen LogP) is 0.227. The summed E-state index contributed by atoms with van der Waals surface area (Å²) in [5, 5.41) is 13.6. The molecule has 0 saturated carbocycles. The van der Waals surface area contributed by atoms with Crippen LogP contribution in [0.4, 0.5) is 0 Å². The smallest absolute Gasteiger partial charge is 0.0791 e. The number of ether oxygens (including phenoxy) is 2. The third-order valence-electron chi connectivity index (χ3n) is 3.91. The molecule has 0 aromatic carbocycles. The molecule has 2 rings (SSSR count). The molecule has 0 amide bonds. The fourth-order valence-electron chi connectivity index (χ4n) is 2.86. The van der Waals surface area contributed by atoms with E-state index < -0.39 is 0 Å². The standard InChI is InChI=1S/C14H28N2O3/c1-14(2)9-12(3-6-19-14)15-10-13(17)11-16-4-7-18-8-5-16/h12-13,15,17H,3-11H2,1-2H3. The van der Waals surface area contributed by atoms with Crippen LogP contribution in [0, 0.1) is 0 Å². The third-order valence-corrected chi connectivity index (χ3v) is 3.91. The van der Waals surface area contributed by atoms with Crippen LogP contribution < -0.4 is 5.32 Å². The minimum Gasteiger partial charge on any atom is -0.390 e. The zero-order valence-corrected chi connectivity index (χ0v) is 12.2. The van der Waals surface area contributed by atoms with Gasteiger partial charge in [-0.3, -0.25) is 4.90 Å². The van der Waals surface area contributed by atoms with E-state index in [-0.39, 0.29) is 11.7 Å². The Hall–Kier alpha value is -0.200. The van der Waals surface area contributed by atoms with Gasteiger partial charge in [0, 0.05) is 38.8 Å². The zero-order chi connectivity index (χ0) is 13.7. The van der Waals surface area contributed by atoms with Crippen LogP contribution in [0.2, 0.25) is 0 Å². The number of rotatable bonds is 5. The first-order valence-corrected chi connectivity index (χ1v) is 7.41. The Bertz CT molecular complexity index is 267. The highest BCUT2D eigenvalue weighted by molar-refractivity contribution is 4.83. The third kappa shape index (κ3) is 5.36. The quantitative estimate of drug-likeness (QED) is 0.750. The maximum absolute atomic E-state index is 10.1. The van der Waals surface area contributed by atoms with Crippen molar-refractivity contribution in [2.75, 3.05) is 46.0 Å². The van der Waals surface area contributed by atoms with Crippen LogP contribution in [0.5, 0.6) is 0 Å². The van der Waals surface area contributed by atoms with Gasteiger partial charge in [0.1, 0.15) is 0 Å². The van der Waals surface area contributed by atoms with E-state index in [1.165, 1.54) is 0 Å². The first-order valence-electron chi connectivity index (χ1n) is 7.41. The molecule has 0 aromatic heterocycles. The Morgan fingerprint density at radius 2 is 2.05 bits per heavy atom. The van der Waals surface area contributed by atoms with E-state index in [2.05, 4.69) is 24.1 Å². The van der Waals surface area contributed by atoms with Gasteiger partial charge in [-0.05, 0) is 26.7 Å². The highest BCUT2D eigenvalue weighted by Gasteiger charge is 2.28. The van der Waals surface area contributed by atoms with Gasteiger partial charge >= 0.3 is 0 Å². The van der Waals surface area contributed by atoms with Crippen molar-refractivity contribution in [3.05, 3.63) is 0 Å². The lowest BCUT2D eigenvalue weighted by atomic mass is 9.94. The van der Waals surface area contributed by atoms with Crippen molar-refractivity contribution in [3.63, 3.8) is 0 Å². The van der Waals surface area contributed by atoms with Crippen molar-refractivity contribution < 1.29 is 14.6 Å². The summed E-state index contributed by atoms with van der Waals surface area (Å²) in [7, 11) is 0. The summed E-state index contributed by atoms with van der Waals surface area (Å²) in [6.45, 7) is 9.91. The highest BCUT2D eigenvalue weighted by atomic mass is 16.5. The molecule has 2 aliphatic rings. The summed E-state index contributed by atoms with van der Waals surface area (Å²) in [6, 6.07) is 0.461. The Labute approximate surface area is 116 Å². The van der Waals surface area contributed by atoms with Gasteiger partial charge in [-0.25, -0.2) is 0 Å². The number of nitrogens with zero attached hydrogens (tertiary/aromatic N) is 1. The molecular formula is C14H28N2O3. The van der Waals surface area contributed by atoms with Crippen LogP contribution in [0.3, 0.4) is 0 Å². The second kappa shape index (κ2) is 6.99. The molecule has 0 bridgehead atoms. The van der Waals surface area contributed by atoms with Gasteiger partial charge in [-0.1, -0.05) is 0 Å². The van der Waals surface area contributed by atoms with Gasteiger partial charge in [-0.15, -0.1) is 0 Å². The topological polar surface area (TPSA) is 54.0 Å². The summed E-state index contributed by atoms with van der Waals surface area (Å²) in [5.74, 6) is 0. The fourth-order valence-corrected chi connectivity index (χ4v) is 2.86. The molecule has 19 heavy (non-hydrogen) atoms. The molecular weight excluding hydrogens is 244 g/mol. The molecule has 0 aromatic rings. The molecule has 2 fully saturated rings. The fraction of sp³-hybridized carbons (Fsp3) is 1.00. The Morgan fingerprint density at radius 1 is 1.32 bits per heavy atom. The van der Waals surface area contributed by atoms with E-state index in [0.717, 1.165) is 52.3 Å². The Balaban J connectivity index is 1.64. The molecule has 5 heteroatoms. The molecule has 0 radical (unpaired) electrons. The number of morpholine rings is 1. The van der Waals surface area contributed by atoms with Crippen molar-refractivity contribution in [1.29, 1.82) is 0 Å². The first-order chi connectivity index (χ1) is 9.05. The number of nitrogens with one attached hydrogen (secondary N) is 1.